The van der Waals surface area contributed by atoms with Crippen molar-refractivity contribution in [2.45, 2.75) is 31.5 Å². The van der Waals surface area contributed by atoms with Crippen molar-refractivity contribution in [2.24, 2.45) is 5.92 Å². The Morgan fingerprint density at radius 1 is 1.50 bits per heavy atom. The molecule has 2 saturated heterocycles. The first kappa shape index (κ1) is 8.44. The van der Waals surface area contributed by atoms with E-state index in [1.165, 1.54) is 0 Å². The van der Waals surface area contributed by atoms with E-state index < -0.39 is 0 Å². The fourth-order valence-electron chi connectivity index (χ4n) is 2.45. The largest absolute Gasteiger partial charge is 0.615 e. The standard InChI is InChI=1S/C10H14NO3/c1-2-11(10(12)14-11)6-7-3-4-8-9(5-7)13-8/h2,7-9H,1,3-6H2/q+1. The SMILES string of the molecule is C=C[N+]1(CC2CCC3OC3C2)OC1=O. The van der Waals surface area contributed by atoms with Gasteiger partial charge in [-0.2, -0.15) is 9.63 Å². The predicted molar refractivity (Wildman–Crippen MR) is 47.8 cm³/mol. The van der Waals surface area contributed by atoms with Gasteiger partial charge in [-0.25, -0.2) is 0 Å². The van der Waals surface area contributed by atoms with Gasteiger partial charge in [0.2, 0.25) is 0 Å². The van der Waals surface area contributed by atoms with Gasteiger partial charge in [-0.3, -0.25) is 0 Å². The lowest BCUT2D eigenvalue weighted by atomic mass is 9.89. The van der Waals surface area contributed by atoms with Crippen molar-refractivity contribution in [2.75, 3.05) is 6.54 Å². The molecule has 2 aliphatic heterocycles. The molecule has 3 aliphatic rings. The molecule has 76 valence electrons. The molecular formula is C10H14NO3+. The van der Waals surface area contributed by atoms with Crippen LogP contribution < -0.4 is 0 Å². The first-order valence-corrected chi connectivity index (χ1v) is 5.14. The Balaban J connectivity index is 1.61. The number of fused-ring (bicyclic) bond motifs is 1. The molecule has 4 unspecified atom stereocenters. The van der Waals surface area contributed by atoms with Crippen molar-refractivity contribution in [1.82, 2.24) is 0 Å². The van der Waals surface area contributed by atoms with Gasteiger partial charge >= 0.3 is 6.09 Å². The van der Waals surface area contributed by atoms with E-state index in [4.69, 9.17) is 9.57 Å². The van der Waals surface area contributed by atoms with Crippen LogP contribution in [-0.4, -0.2) is 29.5 Å². The molecule has 4 atom stereocenters. The molecule has 1 aliphatic carbocycles. The van der Waals surface area contributed by atoms with Gasteiger partial charge in [-0.05, 0) is 25.8 Å². The van der Waals surface area contributed by atoms with Gasteiger partial charge in [0.1, 0.15) is 12.7 Å². The van der Waals surface area contributed by atoms with E-state index in [0.717, 1.165) is 25.8 Å². The minimum Gasteiger partial charge on any atom is -0.370 e. The minimum absolute atomic E-state index is 0.0298. The van der Waals surface area contributed by atoms with Crippen molar-refractivity contribution in [3.63, 3.8) is 0 Å². The lowest BCUT2D eigenvalue weighted by Crippen LogP contribution is -2.30. The highest BCUT2D eigenvalue weighted by Crippen LogP contribution is 2.42. The predicted octanol–water partition coefficient (Wildman–Crippen LogP) is 1.58. The van der Waals surface area contributed by atoms with Crippen LogP contribution in [-0.2, 0) is 9.57 Å². The van der Waals surface area contributed by atoms with E-state index in [1.54, 1.807) is 6.20 Å². The summed E-state index contributed by atoms with van der Waals surface area (Å²) in [6, 6.07) is 0. The summed E-state index contributed by atoms with van der Waals surface area (Å²) in [7, 11) is 0. The number of amides is 1. The monoisotopic (exact) mass is 196 g/mol. The molecule has 14 heavy (non-hydrogen) atoms. The lowest BCUT2D eigenvalue weighted by Gasteiger charge is -2.17. The molecule has 4 heteroatoms. The Kier molecular flexibility index (Phi) is 1.56. The Labute approximate surface area is 82.6 Å². The van der Waals surface area contributed by atoms with Gasteiger partial charge in [-0.1, -0.05) is 0 Å². The Bertz CT molecular complexity index is 304. The topological polar surface area (TPSA) is 42.1 Å². The highest BCUT2D eigenvalue weighted by molar-refractivity contribution is 5.67. The molecule has 0 aromatic carbocycles. The number of hydrogen-bond donors (Lipinski definition) is 0. The first-order valence-electron chi connectivity index (χ1n) is 5.14. The molecule has 0 spiro atoms. The maximum absolute atomic E-state index is 11.1. The Morgan fingerprint density at radius 2 is 2.29 bits per heavy atom. The summed E-state index contributed by atoms with van der Waals surface area (Å²) in [4.78, 5) is 16.0. The van der Waals surface area contributed by atoms with Crippen LogP contribution >= 0.6 is 0 Å². The van der Waals surface area contributed by atoms with Crippen LogP contribution in [0.15, 0.2) is 12.8 Å². The lowest BCUT2D eigenvalue weighted by molar-refractivity contribution is -0.849. The number of carbonyl (C=O) groups excluding carboxylic acids is 1. The van der Waals surface area contributed by atoms with Crippen LogP contribution in [0.4, 0.5) is 4.79 Å². The number of nitrogens with zero attached hydrogens (tertiary/aromatic N) is 1. The second-order valence-electron chi connectivity index (χ2n) is 4.41. The highest BCUT2D eigenvalue weighted by atomic mass is 16.9. The molecule has 1 saturated carbocycles. The summed E-state index contributed by atoms with van der Waals surface area (Å²) < 4.78 is 5.47. The molecule has 0 N–H and O–H groups in total. The molecule has 1 amide bonds. The normalized spacial score (nSPS) is 49.1. The summed E-state index contributed by atoms with van der Waals surface area (Å²) in [5.74, 6) is 0.545. The molecule has 0 bridgehead atoms. The second kappa shape index (κ2) is 2.58. The number of quaternary nitrogens is 1. The van der Waals surface area contributed by atoms with Crippen molar-refractivity contribution in [1.29, 1.82) is 0 Å². The molecular weight excluding hydrogens is 182 g/mol. The molecule has 4 nitrogen and oxygen atoms in total. The number of hydroxylamine groups is 3. The zero-order valence-electron chi connectivity index (χ0n) is 8.02. The van der Waals surface area contributed by atoms with Crippen molar-refractivity contribution < 1.29 is 19.0 Å². The maximum Gasteiger partial charge on any atom is 0.615 e. The summed E-state index contributed by atoms with van der Waals surface area (Å²) >= 11 is 0. The molecule has 0 radical (unpaired) electrons. The van der Waals surface area contributed by atoms with Gasteiger partial charge < -0.3 is 4.74 Å². The number of hydrogen-bond acceptors (Lipinski definition) is 3. The molecule has 2 heterocycles. The summed E-state index contributed by atoms with van der Waals surface area (Å²) in [6.07, 6.45) is 5.77. The first-order chi connectivity index (χ1) is 6.73. The summed E-state index contributed by atoms with van der Waals surface area (Å²) in [5.41, 5.74) is 0. The smallest absolute Gasteiger partial charge is 0.370 e. The van der Waals surface area contributed by atoms with Crippen LogP contribution in [0.5, 0.6) is 0 Å². The quantitative estimate of drug-likeness (QED) is 0.508. The Morgan fingerprint density at radius 3 is 2.86 bits per heavy atom. The van der Waals surface area contributed by atoms with E-state index >= 15 is 0 Å². The number of rotatable bonds is 3. The van der Waals surface area contributed by atoms with E-state index in [2.05, 4.69) is 6.58 Å². The fourth-order valence-corrected chi connectivity index (χ4v) is 2.45. The average molecular weight is 196 g/mol. The van der Waals surface area contributed by atoms with Gasteiger partial charge in [0.15, 0.2) is 0 Å². The zero-order chi connectivity index (χ0) is 9.76. The molecule has 3 rings (SSSR count). The van der Waals surface area contributed by atoms with Crippen molar-refractivity contribution >= 4 is 6.09 Å². The van der Waals surface area contributed by atoms with E-state index in [9.17, 15) is 4.79 Å². The summed E-state index contributed by atoms with van der Waals surface area (Å²) in [6.45, 7) is 4.38. The number of ether oxygens (including phenoxy) is 1. The fraction of sp³-hybridized carbons (Fsp3) is 0.700. The van der Waals surface area contributed by atoms with Crippen LogP contribution in [0, 0.1) is 5.92 Å². The van der Waals surface area contributed by atoms with Crippen LogP contribution in [0.25, 0.3) is 0 Å². The minimum atomic E-state index is -0.168. The zero-order valence-corrected chi connectivity index (χ0v) is 8.02. The highest BCUT2D eigenvalue weighted by Gasteiger charge is 2.62. The van der Waals surface area contributed by atoms with Crippen LogP contribution in [0.1, 0.15) is 19.3 Å². The Hall–Kier alpha value is -0.870. The van der Waals surface area contributed by atoms with Gasteiger partial charge in [0.05, 0.1) is 12.2 Å². The second-order valence-corrected chi connectivity index (χ2v) is 4.41. The maximum atomic E-state index is 11.1. The molecule has 0 aromatic rings. The van der Waals surface area contributed by atoms with Crippen molar-refractivity contribution in [3.05, 3.63) is 12.8 Å². The third-order valence-electron chi connectivity index (χ3n) is 3.45. The van der Waals surface area contributed by atoms with Crippen LogP contribution in [0.2, 0.25) is 0 Å². The van der Waals surface area contributed by atoms with E-state index in [1.807, 2.05) is 0 Å². The van der Waals surface area contributed by atoms with E-state index in [0.29, 0.717) is 18.1 Å². The third-order valence-corrected chi connectivity index (χ3v) is 3.45. The van der Waals surface area contributed by atoms with Crippen LogP contribution in [0.3, 0.4) is 0 Å². The third kappa shape index (κ3) is 1.18. The summed E-state index contributed by atoms with van der Waals surface area (Å²) in [5, 5.41) is 0. The van der Waals surface area contributed by atoms with Gasteiger partial charge in [-0.15, -0.1) is 0 Å². The number of carbonyl (C=O) groups is 1. The number of epoxide rings is 1. The van der Waals surface area contributed by atoms with Gasteiger partial charge in [0.25, 0.3) is 0 Å². The van der Waals surface area contributed by atoms with E-state index in [-0.39, 0.29) is 10.7 Å². The molecule has 3 fully saturated rings. The van der Waals surface area contributed by atoms with Gasteiger partial charge in [0, 0.05) is 10.6 Å². The van der Waals surface area contributed by atoms with Crippen molar-refractivity contribution in [3.8, 4) is 0 Å². The average Bonchev–Trinajstić information content (AvgIpc) is 3.04. The molecule has 0 aromatic heterocycles.